The predicted molar refractivity (Wildman–Crippen MR) is 161 cm³/mol. The molecule has 0 aromatic heterocycles. The summed E-state index contributed by atoms with van der Waals surface area (Å²) in [7, 11) is -2.90. The molecule has 0 aliphatic heterocycles. The number of hydrogen-bond donors (Lipinski definition) is 1. The Morgan fingerprint density at radius 1 is 0.810 bits per heavy atom. The minimum absolute atomic E-state index is 0.122. The van der Waals surface area contributed by atoms with E-state index in [0.29, 0.717) is 6.42 Å². The van der Waals surface area contributed by atoms with Crippen molar-refractivity contribution < 1.29 is 46.6 Å². The minimum Gasteiger partial charge on any atom is -0.469 e. The number of ether oxygens (including phenoxy) is 3. The zero-order valence-corrected chi connectivity index (χ0v) is 27.6. The first-order valence-electron chi connectivity index (χ1n) is 15.6. The quantitative estimate of drug-likeness (QED) is 0.0446. The van der Waals surface area contributed by atoms with Crippen molar-refractivity contribution in [3.8, 4) is 0 Å². The Kier molecular flexibility index (Phi) is 23.7. The SMILES string of the molecule is CCCCCCCCCCCCCCCC(=O)O[C@H](CF)COP(=O)(CC(=O)OC)OCCCNC(=O)OC(C)(C)C. The summed E-state index contributed by atoms with van der Waals surface area (Å²) >= 11 is 0. The predicted octanol–water partition coefficient (Wildman–Crippen LogP) is 7.66. The number of alkyl carbamates (subject to hydrolysis) is 1. The van der Waals surface area contributed by atoms with Crippen molar-refractivity contribution in [1.29, 1.82) is 0 Å². The largest absolute Gasteiger partial charge is 0.469 e. The summed E-state index contributed by atoms with van der Waals surface area (Å²) in [4.78, 5) is 35.6. The second kappa shape index (κ2) is 24.7. The summed E-state index contributed by atoms with van der Waals surface area (Å²) in [5.41, 5.74) is -0.645. The molecule has 0 bridgehead atoms. The summed E-state index contributed by atoms with van der Waals surface area (Å²) in [5, 5.41) is 2.53. The van der Waals surface area contributed by atoms with Gasteiger partial charge in [0.25, 0.3) is 0 Å². The molecule has 0 aliphatic carbocycles. The fourth-order valence-electron chi connectivity index (χ4n) is 3.97. The first kappa shape index (κ1) is 40.3. The summed E-state index contributed by atoms with van der Waals surface area (Å²) < 4.78 is 52.0. The number of nitrogens with one attached hydrogen (secondary N) is 1. The van der Waals surface area contributed by atoms with E-state index in [-0.39, 0.29) is 26.0 Å². The van der Waals surface area contributed by atoms with Gasteiger partial charge in [0.2, 0.25) is 0 Å². The van der Waals surface area contributed by atoms with Crippen LogP contribution in [0.5, 0.6) is 0 Å². The van der Waals surface area contributed by atoms with Gasteiger partial charge in [0, 0.05) is 13.0 Å². The molecule has 0 aromatic carbocycles. The number of carbonyl (C=O) groups is 3. The van der Waals surface area contributed by atoms with Crippen LogP contribution in [0.3, 0.4) is 0 Å². The molecule has 1 amide bonds. The highest BCUT2D eigenvalue weighted by molar-refractivity contribution is 7.54. The molecule has 248 valence electrons. The van der Waals surface area contributed by atoms with E-state index in [0.717, 1.165) is 26.4 Å². The molecule has 0 spiro atoms. The van der Waals surface area contributed by atoms with Crippen LogP contribution in [0.25, 0.3) is 0 Å². The number of unbranched alkanes of at least 4 members (excludes halogenated alkanes) is 12. The molecule has 1 unspecified atom stereocenters. The van der Waals surface area contributed by atoms with E-state index in [1.807, 2.05) is 0 Å². The lowest BCUT2D eigenvalue weighted by Gasteiger charge is -2.21. The van der Waals surface area contributed by atoms with Gasteiger partial charge in [-0.3, -0.25) is 14.2 Å². The minimum atomic E-state index is -4.03. The van der Waals surface area contributed by atoms with Crippen LogP contribution in [0.1, 0.15) is 124 Å². The number of esters is 2. The van der Waals surface area contributed by atoms with E-state index in [4.69, 9.17) is 18.5 Å². The van der Waals surface area contributed by atoms with E-state index in [1.165, 1.54) is 57.8 Å². The highest BCUT2D eigenvalue weighted by Gasteiger charge is 2.31. The normalized spacial score (nSPS) is 13.7. The second-order valence-electron chi connectivity index (χ2n) is 11.5. The maximum Gasteiger partial charge on any atom is 0.407 e. The fourth-order valence-corrected chi connectivity index (χ4v) is 5.47. The molecule has 0 aliphatic rings. The molecule has 0 rings (SSSR count). The van der Waals surface area contributed by atoms with Gasteiger partial charge in [-0.2, -0.15) is 0 Å². The molecular formula is C30H57FNO9P. The number of amides is 1. The lowest BCUT2D eigenvalue weighted by molar-refractivity contribution is -0.152. The highest BCUT2D eigenvalue weighted by Crippen LogP contribution is 2.48. The molecule has 0 aromatic rings. The zero-order chi connectivity index (χ0) is 31.7. The summed E-state index contributed by atoms with van der Waals surface area (Å²) in [6.07, 6.45) is 13.3. The number of rotatable bonds is 26. The molecule has 12 heteroatoms. The molecule has 0 saturated heterocycles. The van der Waals surface area contributed by atoms with Gasteiger partial charge < -0.3 is 28.6 Å². The van der Waals surface area contributed by atoms with Gasteiger partial charge in [0.15, 0.2) is 6.10 Å². The van der Waals surface area contributed by atoms with Crippen LogP contribution in [0.2, 0.25) is 0 Å². The lowest BCUT2D eigenvalue weighted by Crippen LogP contribution is -2.33. The Bertz CT molecular complexity index is 776. The second-order valence-corrected chi connectivity index (χ2v) is 13.6. The zero-order valence-electron chi connectivity index (χ0n) is 26.7. The molecule has 0 saturated carbocycles. The van der Waals surface area contributed by atoms with Crippen LogP contribution in [0, 0.1) is 0 Å². The molecule has 1 N–H and O–H groups in total. The van der Waals surface area contributed by atoms with Crippen molar-refractivity contribution in [2.75, 3.05) is 39.7 Å². The van der Waals surface area contributed by atoms with Gasteiger partial charge in [-0.1, -0.05) is 84.0 Å². The Morgan fingerprint density at radius 3 is 1.86 bits per heavy atom. The Labute approximate surface area is 253 Å². The molecule has 42 heavy (non-hydrogen) atoms. The number of hydrogen-bond acceptors (Lipinski definition) is 9. The molecule has 10 nitrogen and oxygen atoms in total. The summed E-state index contributed by atoms with van der Waals surface area (Å²) in [6, 6.07) is 0. The number of alkyl halides is 1. The molecular weight excluding hydrogens is 568 g/mol. The molecule has 0 radical (unpaired) electrons. The molecule has 0 heterocycles. The van der Waals surface area contributed by atoms with E-state index in [2.05, 4.69) is 17.0 Å². The van der Waals surface area contributed by atoms with Crippen molar-refractivity contribution in [1.82, 2.24) is 5.32 Å². The van der Waals surface area contributed by atoms with Crippen LogP contribution in [-0.2, 0) is 37.4 Å². The van der Waals surface area contributed by atoms with E-state index >= 15 is 0 Å². The van der Waals surface area contributed by atoms with Crippen LogP contribution >= 0.6 is 7.60 Å². The third kappa shape index (κ3) is 24.8. The van der Waals surface area contributed by atoms with E-state index in [1.54, 1.807) is 20.8 Å². The van der Waals surface area contributed by atoms with Gasteiger partial charge in [-0.05, 0) is 33.6 Å². The highest BCUT2D eigenvalue weighted by atomic mass is 31.2. The van der Waals surface area contributed by atoms with Crippen molar-refractivity contribution in [3.63, 3.8) is 0 Å². The van der Waals surface area contributed by atoms with E-state index < -0.39 is 56.8 Å². The van der Waals surface area contributed by atoms with Gasteiger partial charge in [0.1, 0.15) is 18.4 Å². The van der Waals surface area contributed by atoms with Gasteiger partial charge in [0.05, 0.1) is 20.3 Å². The number of methoxy groups -OCH3 is 1. The maximum atomic E-state index is 13.5. The van der Waals surface area contributed by atoms with Gasteiger partial charge >= 0.3 is 25.6 Å². The first-order valence-corrected chi connectivity index (χ1v) is 17.3. The maximum absolute atomic E-state index is 13.5. The van der Waals surface area contributed by atoms with Crippen LogP contribution in [-0.4, -0.2) is 69.4 Å². The van der Waals surface area contributed by atoms with Crippen LogP contribution < -0.4 is 5.32 Å². The average molecular weight is 626 g/mol. The van der Waals surface area contributed by atoms with Crippen molar-refractivity contribution >= 4 is 25.6 Å². The lowest BCUT2D eigenvalue weighted by atomic mass is 10.0. The Balaban J connectivity index is 4.26. The Morgan fingerprint density at radius 2 is 1.36 bits per heavy atom. The van der Waals surface area contributed by atoms with Crippen molar-refractivity contribution in [3.05, 3.63) is 0 Å². The first-order chi connectivity index (χ1) is 19.9. The molecule has 2 atom stereocenters. The topological polar surface area (TPSA) is 126 Å². The smallest absolute Gasteiger partial charge is 0.407 e. The Hall–Kier alpha value is -1.71. The summed E-state index contributed by atoms with van der Waals surface area (Å²) in [5.74, 6) is -1.39. The van der Waals surface area contributed by atoms with Gasteiger partial charge in [-0.15, -0.1) is 0 Å². The van der Waals surface area contributed by atoms with Gasteiger partial charge in [-0.25, -0.2) is 9.18 Å². The monoisotopic (exact) mass is 625 g/mol. The fraction of sp³-hybridized carbons (Fsp3) is 0.900. The van der Waals surface area contributed by atoms with Crippen molar-refractivity contribution in [2.24, 2.45) is 0 Å². The third-order valence-corrected chi connectivity index (χ3v) is 8.00. The van der Waals surface area contributed by atoms with Crippen molar-refractivity contribution in [2.45, 2.75) is 136 Å². The third-order valence-electron chi connectivity index (χ3n) is 6.24. The molecule has 0 fully saturated rings. The summed E-state index contributed by atoms with van der Waals surface area (Å²) in [6.45, 7) is 5.90. The average Bonchev–Trinajstić information content (AvgIpc) is 2.92. The van der Waals surface area contributed by atoms with Crippen LogP contribution in [0.4, 0.5) is 9.18 Å². The standard InChI is InChI=1S/C30H57FNO9P/c1-6-7-8-9-10-11-12-13-14-15-16-17-18-20-27(33)40-26(23-31)24-39-42(36,25-28(34)37-5)38-22-19-21-32-29(35)41-30(2,3)4/h26H,6-25H2,1-5H3,(H,32,35)/t26-,42?/m1/s1. The number of carbonyl (C=O) groups excluding carboxylic acids is 3. The number of halogens is 1. The van der Waals surface area contributed by atoms with Crippen LogP contribution in [0.15, 0.2) is 0 Å². The van der Waals surface area contributed by atoms with E-state index in [9.17, 15) is 23.3 Å².